The fraction of sp³-hybridized carbons (Fsp3) is 0.192. The van der Waals surface area contributed by atoms with Crippen LogP contribution in [0, 0.1) is 12.7 Å². The summed E-state index contributed by atoms with van der Waals surface area (Å²) < 4.78 is 41.7. The molecule has 33 heavy (non-hydrogen) atoms. The number of benzene rings is 3. The molecule has 0 fully saturated rings. The van der Waals surface area contributed by atoms with Gasteiger partial charge < -0.3 is 23.7 Å². The Labute approximate surface area is 191 Å². The number of hydrogen-bond acceptors (Lipinski definition) is 6. The van der Waals surface area contributed by atoms with Crippen LogP contribution < -0.4 is 23.7 Å². The Hall–Kier alpha value is -4.00. The minimum absolute atomic E-state index is 0.0639. The van der Waals surface area contributed by atoms with Crippen molar-refractivity contribution in [1.82, 2.24) is 0 Å². The molecule has 1 aliphatic rings. The fourth-order valence-corrected chi connectivity index (χ4v) is 3.63. The van der Waals surface area contributed by atoms with Gasteiger partial charge in [0.25, 0.3) is 0 Å². The van der Waals surface area contributed by atoms with Gasteiger partial charge in [-0.15, -0.1) is 0 Å². The van der Waals surface area contributed by atoms with Gasteiger partial charge in [0.15, 0.2) is 17.3 Å². The van der Waals surface area contributed by atoms with Crippen LogP contribution >= 0.6 is 0 Å². The molecule has 0 bridgehead atoms. The van der Waals surface area contributed by atoms with Crippen molar-refractivity contribution in [2.75, 3.05) is 21.3 Å². The molecular weight excluding hydrogens is 427 g/mol. The number of halogens is 1. The van der Waals surface area contributed by atoms with E-state index in [0.717, 1.165) is 0 Å². The molecule has 0 radical (unpaired) electrons. The van der Waals surface area contributed by atoms with Crippen LogP contribution in [0.5, 0.6) is 28.7 Å². The molecule has 0 saturated heterocycles. The lowest BCUT2D eigenvalue weighted by Crippen LogP contribution is -2.00. The van der Waals surface area contributed by atoms with Crippen LogP contribution in [0.4, 0.5) is 4.39 Å². The number of ether oxygens (including phenoxy) is 5. The van der Waals surface area contributed by atoms with Gasteiger partial charge in [0, 0.05) is 11.1 Å². The summed E-state index contributed by atoms with van der Waals surface area (Å²) in [5, 5.41) is 0. The van der Waals surface area contributed by atoms with E-state index in [1.807, 2.05) is 0 Å². The molecule has 1 aliphatic heterocycles. The van der Waals surface area contributed by atoms with Crippen LogP contribution in [0.2, 0.25) is 0 Å². The van der Waals surface area contributed by atoms with Crippen LogP contribution in [0.15, 0.2) is 54.3 Å². The van der Waals surface area contributed by atoms with Crippen molar-refractivity contribution in [3.63, 3.8) is 0 Å². The summed E-state index contributed by atoms with van der Waals surface area (Å²) in [6.45, 7) is 1.86. The first-order chi connectivity index (χ1) is 16.0. The lowest BCUT2D eigenvalue weighted by molar-refractivity contribution is 0.101. The van der Waals surface area contributed by atoms with Crippen LogP contribution in [-0.2, 0) is 6.61 Å². The fourth-order valence-electron chi connectivity index (χ4n) is 3.63. The third-order valence-electron chi connectivity index (χ3n) is 5.36. The van der Waals surface area contributed by atoms with E-state index >= 15 is 0 Å². The normalized spacial score (nSPS) is 13.5. The van der Waals surface area contributed by atoms with Gasteiger partial charge in [-0.2, -0.15) is 0 Å². The molecule has 3 aromatic rings. The number of carbonyl (C=O) groups is 1. The Morgan fingerprint density at radius 1 is 0.939 bits per heavy atom. The zero-order chi connectivity index (χ0) is 23.5. The van der Waals surface area contributed by atoms with Gasteiger partial charge in [-0.3, -0.25) is 4.79 Å². The average Bonchev–Trinajstić information content (AvgIpc) is 3.14. The van der Waals surface area contributed by atoms with Crippen molar-refractivity contribution in [2.45, 2.75) is 13.5 Å². The summed E-state index contributed by atoms with van der Waals surface area (Å²) >= 11 is 0. The molecule has 3 aromatic carbocycles. The lowest BCUT2D eigenvalue weighted by Gasteiger charge is -2.13. The van der Waals surface area contributed by atoms with E-state index in [0.29, 0.717) is 51.0 Å². The maximum atomic E-state index is 13.9. The van der Waals surface area contributed by atoms with Crippen LogP contribution in [0.3, 0.4) is 0 Å². The molecule has 6 nitrogen and oxygen atoms in total. The first kappa shape index (κ1) is 22.2. The second-order valence-corrected chi connectivity index (χ2v) is 7.34. The number of hydrogen-bond donors (Lipinski definition) is 0. The van der Waals surface area contributed by atoms with Crippen LogP contribution in [0.1, 0.15) is 27.0 Å². The molecule has 0 spiro atoms. The molecule has 0 saturated carbocycles. The summed E-state index contributed by atoms with van der Waals surface area (Å²) in [6.07, 6.45) is 1.62. The zero-order valence-corrected chi connectivity index (χ0v) is 18.7. The van der Waals surface area contributed by atoms with Crippen molar-refractivity contribution in [1.29, 1.82) is 0 Å². The molecule has 0 unspecified atom stereocenters. The summed E-state index contributed by atoms with van der Waals surface area (Å²) in [6, 6.07) is 13.2. The Kier molecular flexibility index (Phi) is 6.22. The van der Waals surface area contributed by atoms with E-state index in [1.54, 1.807) is 55.5 Å². The van der Waals surface area contributed by atoms with E-state index in [1.165, 1.54) is 27.4 Å². The Morgan fingerprint density at radius 2 is 1.64 bits per heavy atom. The highest BCUT2D eigenvalue weighted by atomic mass is 19.1. The molecule has 0 atom stereocenters. The van der Waals surface area contributed by atoms with Crippen molar-refractivity contribution >= 4 is 11.9 Å². The van der Waals surface area contributed by atoms with Gasteiger partial charge in [0.05, 0.1) is 26.9 Å². The maximum absolute atomic E-state index is 13.9. The van der Waals surface area contributed by atoms with Crippen molar-refractivity contribution < 1.29 is 32.9 Å². The number of rotatable bonds is 7. The SMILES string of the molecule is COc1cc(/C=C2\Oc3c(ccc(OCc4ccccc4F)c3C)C2=O)cc(OC)c1OC. The average molecular weight is 450 g/mol. The summed E-state index contributed by atoms with van der Waals surface area (Å²) in [4.78, 5) is 12.9. The first-order valence-corrected chi connectivity index (χ1v) is 10.2. The van der Waals surface area contributed by atoms with Crippen molar-refractivity contribution in [2.24, 2.45) is 0 Å². The molecule has 0 N–H and O–H groups in total. The molecule has 4 rings (SSSR count). The lowest BCUT2D eigenvalue weighted by atomic mass is 10.1. The van der Waals surface area contributed by atoms with Crippen LogP contribution in [-0.4, -0.2) is 27.1 Å². The Morgan fingerprint density at radius 3 is 2.27 bits per heavy atom. The molecule has 1 heterocycles. The highest BCUT2D eigenvalue weighted by molar-refractivity contribution is 6.15. The zero-order valence-electron chi connectivity index (χ0n) is 18.7. The topological polar surface area (TPSA) is 63.2 Å². The molecule has 0 aromatic heterocycles. The monoisotopic (exact) mass is 450 g/mol. The first-order valence-electron chi connectivity index (χ1n) is 10.2. The third-order valence-corrected chi connectivity index (χ3v) is 5.36. The second-order valence-electron chi connectivity index (χ2n) is 7.34. The van der Waals surface area contributed by atoms with Crippen LogP contribution in [0.25, 0.3) is 6.08 Å². The van der Waals surface area contributed by atoms with E-state index in [-0.39, 0.29) is 24.0 Å². The van der Waals surface area contributed by atoms with Gasteiger partial charge in [0.1, 0.15) is 23.9 Å². The van der Waals surface area contributed by atoms with E-state index < -0.39 is 0 Å². The molecule has 170 valence electrons. The number of allylic oxidation sites excluding steroid dienone is 1. The van der Waals surface area contributed by atoms with Gasteiger partial charge in [-0.05, 0) is 48.9 Å². The van der Waals surface area contributed by atoms with Gasteiger partial charge in [0.2, 0.25) is 11.5 Å². The maximum Gasteiger partial charge on any atom is 0.231 e. The quantitative estimate of drug-likeness (QED) is 0.452. The van der Waals surface area contributed by atoms with Crippen molar-refractivity contribution in [3.8, 4) is 28.7 Å². The Bertz CT molecular complexity index is 1220. The van der Waals surface area contributed by atoms with E-state index in [4.69, 9.17) is 23.7 Å². The number of ketones is 1. The number of methoxy groups -OCH3 is 3. The highest BCUT2D eigenvalue weighted by Gasteiger charge is 2.30. The minimum atomic E-state index is -0.335. The Balaban J connectivity index is 1.62. The number of Topliss-reactive ketones (excluding diaryl/α,β-unsaturated/α-hetero) is 1. The highest BCUT2D eigenvalue weighted by Crippen LogP contribution is 2.42. The predicted molar refractivity (Wildman–Crippen MR) is 121 cm³/mol. The second kappa shape index (κ2) is 9.24. The molecular formula is C26H23FO6. The number of fused-ring (bicyclic) bond motifs is 1. The van der Waals surface area contributed by atoms with Gasteiger partial charge in [-0.25, -0.2) is 4.39 Å². The summed E-state index contributed by atoms with van der Waals surface area (Å²) in [5.41, 5.74) is 2.18. The van der Waals surface area contributed by atoms with Gasteiger partial charge in [-0.1, -0.05) is 18.2 Å². The third kappa shape index (κ3) is 4.22. The molecule has 0 amide bonds. The molecule has 0 aliphatic carbocycles. The summed E-state index contributed by atoms with van der Waals surface area (Å²) in [5.74, 6) is 1.90. The van der Waals surface area contributed by atoms with Gasteiger partial charge >= 0.3 is 0 Å². The standard InChI is InChI=1S/C26H23FO6/c1-15-20(32-14-17-7-5-6-8-19(17)27)10-9-18-24(28)21(33-25(15)18)11-16-12-22(29-2)26(31-4)23(13-16)30-3/h5-13H,14H2,1-4H3/b21-11-. The minimum Gasteiger partial charge on any atom is -0.493 e. The predicted octanol–water partition coefficient (Wildman–Crippen LogP) is 5.36. The number of carbonyl (C=O) groups excluding carboxylic acids is 1. The van der Waals surface area contributed by atoms with E-state index in [2.05, 4.69) is 0 Å². The summed E-state index contributed by atoms with van der Waals surface area (Å²) in [7, 11) is 4.56. The van der Waals surface area contributed by atoms with Crippen molar-refractivity contribution in [3.05, 3.63) is 82.4 Å². The smallest absolute Gasteiger partial charge is 0.231 e. The van der Waals surface area contributed by atoms with E-state index in [9.17, 15) is 9.18 Å². The molecule has 7 heteroatoms. The largest absolute Gasteiger partial charge is 0.493 e.